The fourth-order valence-corrected chi connectivity index (χ4v) is 1.58. The number of carbonyl (C=O) groups is 1. The molecule has 0 bridgehead atoms. The molecule has 0 fully saturated rings. The van der Waals surface area contributed by atoms with E-state index in [-0.39, 0.29) is 5.41 Å². The van der Waals surface area contributed by atoms with E-state index in [9.17, 15) is 4.79 Å². The van der Waals surface area contributed by atoms with Crippen LogP contribution in [0.1, 0.15) is 37.5 Å². The summed E-state index contributed by atoms with van der Waals surface area (Å²) in [6.07, 6.45) is 6.35. The Kier molecular flexibility index (Phi) is 4.49. The molecule has 0 unspecified atom stereocenters. The topological polar surface area (TPSA) is 37.3 Å². The molecule has 1 rings (SSSR count). The van der Waals surface area contributed by atoms with Gasteiger partial charge < -0.3 is 5.11 Å². The van der Waals surface area contributed by atoms with Crippen LogP contribution in [0.5, 0.6) is 0 Å². The molecule has 0 atom stereocenters. The average Bonchev–Trinajstić information content (AvgIpc) is 2.24. The van der Waals surface area contributed by atoms with E-state index in [2.05, 4.69) is 39.0 Å². The minimum atomic E-state index is -0.931. The highest BCUT2D eigenvalue weighted by atomic mass is 16.4. The zero-order chi connectivity index (χ0) is 13.8. The first-order valence-corrected chi connectivity index (χ1v) is 5.99. The van der Waals surface area contributed by atoms with Crippen molar-refractivity contribution in [3.8, 4) is 0 Å². The number of aryl methyl sites for hydroxylation is 1. The lowest BCUT2D eigenvalue weighted by molar-refractivity contribution is -0.131. The fourth-order valence-electron chi connectivity index (χ4n) is 1.58. The minimum Gasteiger partial charge on any atom is -0.478 e. The Hall–Kier alpha value is -1.83. The summed E-state index contributed by atoms with van der Waals surface area (Å²) in [5.74, 6) is -0.931. The summed E-state index contributed by atoms with van der Waals surface area (Å²) in [6.45, 7) is 8.58. The molecule has 0 aliphatic rings. The molecular weight excluding hydrogens is 224 g/mol. The van der Waals surface area contributed by atoms with Gasteiger partial charge in [0.15, 0.2) is 0 Å². The zero-order valence-corrected chi connectivity index (χ0v) is 11.4. The second-order valence-electron chi connectivity index (χ2n) is 5.38. The van der Waals surface area contributed by atoms with Crippen molar-refractivity contribution in [2.45, 2.75) is 33.1 Å². The minimum absolute atomic E-state index is 0.118. The number of carboxylic acids is 1. The number of hydrogen-bond acceptors (Lipinski definition) is 1. The molecule has 0 saturated carbocycles. The highest BCUT2D eigenvalue weighted by Crippen LogP contribution is 2.25. The van der Waals surface area contributed by atoms with E-state index in [1.165, 1.54) is 17.2 Å². The molecule has 0 spiro atoms. The van der Waals surface area contributed by atoms with Crippen molar-refractivity contribution in [3.63, 3.8) is 0 Å². The molecule has 1 aromatic rings. The van der Waals surface area contributed by atoms with Crippen LogP contribution in [0.25, 0.3) is 6.08 Å². The summed E-state index contributed by atoms with van der Waals surface area (Å²) in [5, 5.41) is 8.50. The van der Waals surface area contributed by atoms with Gasteiger partial charge in [-0.05, 0) is 29.0 Å². The third kappa shape index (κ3) is 4.21. The molecule has 2 nitrogen and oxygen atoms in total. The molecule has 1 aromatic carbocycles. The molecule has 1 N–H and O–H groups in total. The number of allylic oxidation sites excluding steroid dienone is 2. The molecule has 0 aliphatic carbocycles. The van der Waals surface area contributed by atoms with Crippen molar-refractivity contribution in [3.05, 3.63) is 53.1 Å². The summed E-state index contributed by atoms with van der Waals surface area (Å²) >= 11 is 0. The van der Waals surface area contributed by atoms with Crippen molar-refractivity contribution in [2.75, 3.05) is 0 Å². The van der Waals surface area contributed by atoms with Gasteiger partial charge in [-0.2, -0.15) is 0 Å². The molecule has 0 amide bonds. The quantitative estimate of drug-likeness (QED) is 0.645. The largest absolute Gasteiger partial charge is 0.478 e. The van der Waals surface area contributed by atoms with E-state index < -0.39 is 5.97 Å². The summed E-state index contributed by atoms with van der Waals surface area (Å²) in [6, 6.07) is 6.39. The maximum absolute atomic E-state index is 10.3. The Morgan fingerprint density at radius 3 is 2.44 bits per heavy atom. The van der Waals surface area contributed by atoms with Gasteiger partial charge in [-0.1, -0.05) is 57.2 Å². The molecular formula is C16H20O2. The average molecular weight is 244 g/mol. The lowest BCUT2D eigenvalue weighted by Crippen LogP contribution is -2.11. The molecule has 0 aromatic heterocycles. The lowest BCUT2D eigenvalue weighted by Gasteiger charge is -2.20. The van der Waals surface area contributed by atoms with E-state index in [1.807, 2.05) is 13.0 Å². The predicted octanol–water partition coefficient (Wildman–Crippen LogP) is 3.95. The Morgan fingerprint density at radius 1 is 1.22 bits per heavy atom. The van der Waals surface area contributed by atoms with Crippen LogP contribution < -0.4 is 0 Å². The number of rotatable bonds is 3. The van der Waals surface area contributed by atoms with Gasteiger partial charge in [-0.25, -0.2) is 4.79 Å². The van der Waals surface area contributed by atoms with Crippen LogP contribution in [-0.4, -0.2) is 11.1 Å². The van der Waals surface area contributed by atoms with Gasteiger partial charge in [0.25, 0.3) is 0 Å². The van der Waals surface area contributed by atoms with Crippen LogP contribution in [0.3, 0.4) is 0 Å². The molecule has 0 saturated heterocycles. The molecule has 0 aliphatic heterocycles. The standard InChI is InChI=1S/C16H20O2/c1-12-9-10-14(16(2,3)4)11-13(12)7-5-6-8-15(17)18/h5-11H,1-4H3,(H,17,18)/b7-5+,8-6+. The van der Waals surface area contributed by atoms with E-state index in [4.69, 9.17) is 5.11 Å². The SMILES string of the molecule is Cc1ccc(C(C)(C)C)cc1/C=C/C=C/C(=O)O. The summed E-state index contributed by atoms with van der Waals surface area (Å²) < 4.78 is 0. The first-order valence-electron chi connectivity index (χ1n) is 5.99. The van der Waals surface area contributed by atoms with Crippen LogP contribution in [0.2, 0.25) is 0 Å². The normalized spacial score (nSPS) is 12.4. The van der Waals surface area contributed by atoms with Crippen molar-refractivity contribution in [1.82, 2.24) is 0 Å². The second kappa shape index (κ2) is 5.67. The number of carboxylic acid groups (broad SMARTS) is 1. The van der Waals surface area contributed by atoms with Gasteiger partial charge in [0.2, 0.25) is 0 Å². The maximum Gasteiger partial charge on any atom is 0.328 e. The highest BCUT2D eigenvalue weighted by Gasteiger charge is 2.13. The summed E-state index contributed by atoms with van der Waals surface area (Å²) in [7, 11) is 0. The van der Waals surface area contributed by atoms with Crippen molar-refractivity contribution in [2.24, 2.45) is 0 Å². The number of benzene rings is 1. The van der Waals surface area contributed by atoms with Crippen LogP contribution in [0.15, 0.2) is 36.4 Å². The Morgan fingerprint density at radius 2 is 1.89 bits per heavy atom. The first kappa shape index (κ1) is 14.2. The van der Waals surface area contributed by atoms with Crippen LogP contribution in [0, 0.1) is 6.92 Å². The van der Waals surface area contributed by atoms with Gasteiger partial charge >= 0.3 is 5.97 Å². The second-order valence-corrected chi connectivity index (χ2v) is 5.38. The Labute approximate surface area is 109 Å². The van der Waals surface area contributed by atoms with Crippen LogP contribution in [-0.2, 0) is 10.2 Å². The monoisotopic (exact) mass is 244 g/mol. The molecule has 0 radical (unpaired) electrons. The Balaban J connectivity index is 2.98. The third-order valence-electron chi connectivity index (χ3n) is 2.77. The van der Waals surface area contributed by atoms with E-state index in [0.29, 0.717) is 0 Å². The predicted molar refractivity (Wildman–Crippen MR) is 75.7 cm³/mol. The van der Waals surface area contributed by atoms with Crippen molar-refractivity contribution < 1.29 is 9.90 Å². The van der Waals surface area contributed by atoms with Crippen LogP contribution in [0.4, 0.5) is 0 Å². The number of aliphatic carboxylic acids is 1. The van der Waals surface area contributed by atoms with Gasteiger partial charge in [0.1, 0.15) is 0 Å². The molecule has 2 heteroatoms. The first-order chi connectivity index (χ1) is 8.30. The Bertz CT molecular complexity index is 488. The van der Waals surface area contributed by atoms with Crippen LogP contribution >= 0.6 is 0 Å². The zero-order valence-electron chi connectivity index (χ0n) is 11.4. The molecule has 0 heterocycles. The van der Waals surface area contributed by atoms with Crippen molar-refractivity contribution >= 4 is 12.0 Å². The lowest BCUT2D eigenvalue weighted by atomic mass is 9.85. The van der Waals surface area contributed by atoms with E-state index >= 15 is 0 Å². The van der Waals surface area contributed by atoms with Gasteiger partial charge in [-0.15, -0.1) is 0 Å². The third-order valence-corrected chi connectivity index (χ3v) is 2.77. The highest BCUT2D eigenvalue weighted by molar-refractivity contribution is 5.80. The van der Waals surface area contributed by atoms with Gasteiger partial charge in [0, 0.05) is 6.08 Å². The fraction of sp³-hybridized carbons (Fsp3) is 0.312. The smallest absolute Gasteiger partial charge is 0.328 e. The molecule has 96 valence electrons. The van der Waals surface area contributed by atoms with E-state index in [1.54, 1.807) is 6.08 Å². The van der Waals surface area contributed by atoms with Gasteiger partial charge in [-0.3, -0.25) is 0 Å². The molecule has 18 heavy (non-hydrogen) atoms. The van der Waals surface area contributed by atoms with Gasteiger partial charge in [0.05, 0.1) is 0 Å². The maximum atomic E-state index is 10.3. The summed E-state index contributed by atoms with van der Waals surface area (Å²) in [5.41, 5.74) is 3.70. The van der Waals surface area contributed by atoms with E-state index in [0.717, 1.165) is 11.6 Å². The summed E-state index contributed by atoms with van der Waals surface area (Å²) in [4.78, 5) is 10.3. The number of hydrogen-bond donors (Lipinski definition) is 1. The van der Waals surface area contributed by atoms with Crippen molar-refractivity contribution in [1.29, 1.82) is 0 Å².